The minimum absolute atomic E-state index is 0.0605. The molecule has 212 valence electrons. The summed E-state index contributed by atoms with van der Waals surface area (Å²) in [6, 6.07) is 22.8. The summed E-state index contributed by atoms with van der Waals surface area (Å²) in [7, 11) is 0. The molecule has 0 aliphatic carbocycles. The van der Waals surface area contributed by atoms with Gasteiger partial charge in [-0.25, -0.2) is 4.79 Å². The van der Waals surface area contributed by atoms with Gasteiger partial charge in [-0.3, -0.25) is 14.4 Å². The largest absolute Gasteiger partial charge is 0.480 e. The summed E-state index contributed by atoms with van der Waals surface area (Å²) < 4.78 is 0. The highest BCUT2D eigenvalue weighted by atomic mass is 16.4. The minimum Gasteiger partial charge on any atom is -0.480 e. The van der Waals surface area contributed by atoms with Gasteiger partial charge in [0.2, 0.25) is 17.7 Å². The number of carbonyl (C=O) groups excluding carboxylic acids is 3. The topological polar surface area (TPSA) is 166 Å². The highest BCUT2D eigenvalue weighted by molar-refractivity contribution is 5.93. The molecular formula is C31H33N5O5. The molecule has 3 amide bonds. The van der Waals surface area contributed by atoms with E-state index in [4.69, 9.17) is 5.73 Å². The Labute approximate surface area is 237 Å². The molecule has 0 aliphatic heterocycles. The average molecular weight is 556 g/mol. The Bertz CT molecular complexity index is 1490. The molecule has 0 radical (unpaired) electrons. The first-order valence-electron chi connectivity index (χ1n) is 13.3. The van der Waals surface area contributed by atoms with Gasteiger partial charge in [0.1, 0.15) is 12.1 Å². The van der Waals surface area contributed by atoms with Crippen LogP contribution in [-0.4, -0.2) is 58.5 Å². The van der Waals surface area contributed by atoms with E-state index in [1.807, 2.05) is 84.9 Å². The predicted molar refractivity (Wildman–Crippen MR) is 155 cm³/mol. The number of carbonyl (C=O) groups is 4. The molecule has 1 aromatic heterocycles. The number of aliphatic carboxylic acids is 1. The van der Waals surface area contributed by atoms with Crippen molar-refractivity contribution >= 4 is 34.6 Å². The molecule has 0 saturated carbocycles. The highest BCUT2D eigenvalue weighted by Crippen LogP contribution is 2.19. The van der Waals surface area contributed by atoms with Crippen molar-refractivity contribution in [3.63, 3.8) is 0 Å². The van der Waals surface area contributed by atoms with Crippen molar-refractivity contribution in [1.82, 2.24) is 20.9 Å². The molecule has 10 nitrogen and oxygen atoms in total. The molecule has 0 spiro atoms. The summed E-state index contributed by atoms with van der Waals surface area (Å²) in [5, 5.41) is 18.3. The normalized spacial score (nSPS) is 13.1. The number of hydrogen-bond acceptors (Lipinski definition) is 5. The molecule has 3 unspecified atom stereocenters. The van der Waals surface area contributed by atoms with E-state index >= 15 is 0 Å². The first kappa shape index (κ1) is 29.0. The van der Waals surface area contributed by atoms with Crippen LogP contribution in [0.25, 0.3) is 10.9 Å². The number of nitrogens with two attached hydrogens (primary N) is 1. The van der Waals surface area contributed by atoms with E-state index in [0.717, 1.165) is 27.6 Å². The highest BCUT2D eigenvalue weighted by Gasteiger charge is 2.26. The van der Waals surface area contributed by atoms with Crippen LogP contribution in [0, 0.1) is 0 Å². The monoisotopic (exact) mass is 555 g/mol. The van der Waals surface area contributed by atoms with Crippen molar-refractivity contribution in [2.45, 2.75) is 37.4 Å². The quantitative estimate of drug-likeness (QED) is 0.147. The van der Waals surface area contributed by atoms with Gasteiger partial charge >= 0.3 is 5.97 Å². The summed E-state index contributed by atoms with van der Waals surface area (Å²) in [6.45, 7) is -0.465. The molecule has 0 saturated heterocycles. The van der Waals surface area contributed by atoms with Gasteiger partial charge in [0.15, 0.2) is 0 Å². The van der Waals surface area contributed by atoms with Crippen LogP contribution in [0.5, 0.6) is 0 Å². The second-order valence-electron chi connectivity index (χ2n) is 9.79. The van der Waals surface area contributed by atoms with E-state index in [0.29, 0.717) is 6.42 Å². The van der Waals surface area contributed by atoms with E-state index in [9.17, 15) is 24.3 Å². The van der Waals surface area contributed by atoms with Gasteiger partial charge in [0.25, 0.3) is 0 Å². The van der Waals surface area contributed by atoms with Gasteiger partial charge in [-0.1, -0.05) is 78.9 Å². The SMILES string of the molecule is NC(Cc1ccccc1)C(=O)NC(Cc1ccccc1)C(=O)NCC(=O)NC(Cc1c[nH]c2ccccc12)C(=O)O. The van der Waals surface area contributed by atoms with Crippen LogP contribution in [0.2, 0.25) is 0 Å². The number of H-pyrrole nitrogens is 1. The summed E-state index contributed by atoms with van der Waals surface area (Å²) in [5.74, 6) is -2.96. The number of carboxylic acids is 1. The second kappa shape index (κ2) is 13.9. The van der Waals surface area contributed by atoms with Crippen LogP contribution in [0.3, 0.4) is 0 Å². The number of aromatic nitrogens is 1. The summed E-state index contributed by atoms with van der Waals surface area (Å²) in [4.78, 5) is 53.7. The number of fused-ring (bicyclic) bond motifs is 1. The standard InChI is InChI=1S/C31H33N5O5/c32-24(15-20-9-3-1-4-10-20)29(38)36-26(16-21-11-5-2-6-12-21)30(39)34-19-28(37)35-27(31(40)41)17-22-18-33-25-14-8-7-13-23(22)25/h1-14,18,24,26-27,33H,15-17,19,32H2,(H,34,39)(H,35,37)(H,36,38)(H,40,41). The average Bonchev–Trinajstić information content (AvgIpc) is 3.39. The third-order valence-corrected chi connectivity index (χ3v) is 6.71. The zero-order valence-electron chi connectivity index (χ0n) is 22.4. The molecule has 4 aromatic rings. The van der Waals surface area contributed by atoms with E-state index < -0.39 is 48.4 Å². The van der Waals surface area contributed by atoms with E-state index in [1.165, 1.54) is 0 Å². The van der Waals surface area contributed by atoms with Crippen LogP contribution in [0.15, 0.2) is 91.1 Å². The van der Waals surface area contributed by atoms with Crippen LogP contribution in [-0.2, 0) is 38.4 Å². The van der Waals surface area contributed by atoms with Crippen molar-refractivity contribution < 1.29 is 24.3 Å². The Morgan fingerprint density at radius 2 is 1.34 bits per heavy atom. The van der Waals surface area contributed by atoms with Gasteiger partial charge < -0.3 is 31.8 Å². The fourth-order valence-electron chi connectivity index (χ4n) is 4.55. The molecule has 41 heavy (non-hydrogen) atoms. The second-order valence-corrected chi connectivity index (χ2v) is 9.79. The Morgan fingerprint density at radius 3 is 2.00 bits per heavy atom. The smallest absolute Gasteiger partial charge is 0.326 e. The van der Waals surface area contributed by atoms with Crippen LogP contribution in [0.4, 0.5) is 0 Å². The Kier molecular flexibility index (Phi) is 9.85. The number of para-hydroxylation sites is 1. The number of benzene rings is 3. The van der Waals surface area contributed by atoms with Gasteiger partial charge in [-0.15, -0.1) is 0 Å². The van der Waals surface area contributed by atoms with Gasteiger partial charge in [0.05, 0.1) is 12.6 Å². The van der Waals surface area contributed by atoms with Crippen molar-refractivity contribution in [3.05, 3.63) is 108 Å². The number of amides is 3. The van der Waals surface area contributed by atoms with Crippen molar-refractivity contribution in [1.29, 1.82) is 0 Å². The number of hydrogen-bond donors (Lipinski definition) is 6. The summed E-state index contributed by atoms with van der Waals surface area (Å²) >= 11 is 0. The van der Waals surface area contributed by atoms with Crippen molar-refractivity contribution in [3.8, 4) is 0 Å². The van der Waals surface area contributed by atoms with Crippen molar-refractivity contribution in [2.24, 2.45) is 5.73 Å². The predicted octanol–water partition coefficient (Wildman–Crippen LogP) is 1.69. The molecule has 1 heterocycles. The lowest BCUT2D eigenvalue weighted by molar-refractivity contribution is -0.141. The summed E-state index contributed by atoms with van der Waals surface area (Å²) in [5.41, 5.74) is 9.42. The fraction of sp³-hybridized carbons (Fsp3) is 0.226. The first-order valence-corrected chi connectivity index (χ1v) is 13.3. The third-order valence-electron chi connectivity index (χ3n) is 6.71. The lowest BCUT2D eigenvalue weighted by atomic mass is 10.0. The Morgan fingerprint density at radius 1 is 0.732 bits per heavy atom. The molecule has 0 bridgehead atoms. The zero-order valence-corrected chi connectivity index (χ0v) is 22.4. The number of nitrogens with one attached hydrogen (secondary N) is 4. The van der Waals surface area contributed by atoms with Gasteiger partial charge in [0, 0.05) is 29.9 Å². The molecule has 0 aliphatic rings. The zero-order chi connectivity index (χ0) is 29.2. The Hall–Kier alpha value is -4.96. The number of rotatable bonds is 13. The molecule has 3 atom stereocenters. The minimum atomic E-state index is -1.20. The first-order chi connectivity index (χ1) is 19.8. The molecule has 10 heteroatoms. The van der Waals surface area contributed by atoms with Gasteiger partial charge in [-0.05, 0) is 29.2 Å². The fourth-order valence-corrected chi connectivity index (χ4v) is 4.55. The van der Waals surface area contributed by atoms with Crippen molar-refractivity contribution in [2.75, 3.05) is 6.54 Å². The number of aromatic amines is 1. The van der Waals surface area contributed by atoms with Crippen LogP contribution in [0.1, 0.15) is 16.7 Å². The molecule has 4 rings (SSSR count). The molecule has 7 N–H and O–H groups in total. The number of carboxylic acid groups (broad SMARTS) is 1. The van der Waals surface area contributed by atoms with Gasteiger partial charge in [-0.2, -0.15) is 0 Å². The lowest BCUT2D eigenvalue weighted by Gasteiger charge is -2.21. The lowest BCUT2D eigenvalue weighted by Crippen LogP contribution is -2.54. The van der Waals surface area contributed by atoms with E-state index in [1.54, 1.807) is 6.20 Å². The maximum atomic E-state index is 13.1. The molecule has 0 fully saturated rings. The van der Waals surface area contributed by atoms with Crippen LogP contribution < -0.4 is 21.7 Å². The van der Waals surface area contributed by atoms with Crippen LogP contribution >= 0.6 is 0 Å². The molecular weight excluding hydrogens is 522 g/mol. The van der Waals surface area contributed by atoms with E-state index in [2.05, 4.69) is 20.9 Å². The maximum absolute atomic E-state index is 13.1. The maximum Gasteiger partial charge on any atom is 0.326 e. The third kappa shape index (κ3) is 8.26. The Balaban J connectivity index is 1.37. The summed E-state index contributed by atoms with van der Waals surface area (Å²) in [6.07, 6.45) is 2.25. The molecule has 3 aromatic carbocycles. The van der Waals surface area contributed by atoms with E-state index in [-0.39, 0.29) is 12.8 Å².